The normalized spacial score (nSPS) is 10.8. The zero-order valence-electron chi connectivity index (χ0n) is 17.3. The third-order valence-corrected chi connectivity index (χ3v) is 4.79. The Hall–Kier alpha value is -3.81. The molecule has 0 aliphatic heterocycles. The van der Waals surface area contributed by atoms with Crippen molar-refractivity contribution in [2.45, 2.75) is 27.2 Å². The summed E-state index contributed by atoms with van der Waals surface area (Å²) in [7, 11) is 0. The largest absolute Gasteiger partial charge is 0.493 e. The third-order valence-electron chi connectivity index (χ3n) is 3.69. The average molecular weight is 468 g/mol. The van der Waals surface area contributed by atoms with Gasteiger partial charge in [-0.3, -0.25) is 19.6 Å². The summed E-state index contributed by atoms with van der Waals surface area (Å²) >= 11 is 0.673. The maximum absolute atomic E-state index is 12.6. The molecular formula is C18H20N4O9S. The molecular weight excluding hydrogens is 448 g/mol. The number of rotatable bonds is 9. The van der Waals surface area contributed by atoms with E-state index in [1.54, 1.807) is 20.8 Å². The molecule has 14 heteroatoms. The summed E-state index contributed by atoms with van der Waals surface area (Å²) in [6.07, 6.45) is -0.452. The molecule has 0 amide bonds. The molecule has 0 spiro atoms. The van der Waals surface area contributed by atoms with Crippen LogP contribution in [0, 0.1) is 0 Å². The SMILES string of the molecule is CCOC(=O)Cc1c(C(=O)OCC)sc(N=Nc2c(O)[nH]c(=O)[nH]c2=O)c1C(=O)OCC. The molecule has 2 aromatic heterocycles. The lowest BCUT2D eigenvalue weighted by molar-refractivity contribution is -0.142. The van der Waals surface area contributed by atoms with Crippen LogP contribution in [0.25, 0.3) is 0 Å². The Morgan fingerprint density at radius 2 is 1.56 bits per heavy atom. The first kappa shape index (κ1) is 24.5. The van der Waals surface area contributed by atoms with E-state index in [9.17, 15) is 29.1 Å². The zero-order valence-corrected chi connectivity index (χ0v) is 18.2. The molecule has 2 heterocycles. The minimum absolute atomic E-state index is 0.0147. The van der Waals surface area contributed by atoms with Gasteiger partial charge in [0.15, 0.2) is 5.00 Å². The molecule has 0 bridgehead atoms. The van der Waals surface area contributed by atoms with Crippen molar-refractivity contribution < 1.29 is 33.7 Å². The fourth-order valence-corrected chi connectivity index (χ4v) is 3.50. The summed E-state index contributed by atoms with van der Waals surface area (Å²) in [6, 6.07) is 0. The summed E-state index contributed by atoms with van der Waals surface area (Å²) in [4.78, 5) is 63.9. The lowest BCUT2D eigenvalue weighted by Crippen LogP contribution is -2.20. The highest BCUT2D eigenvalue weighted by Gasteiger charge is 2.30. The van der Waals surface area contributed by atoms with Gasteiger partial charge in [0, 0.05) is 5.56 Å². The molecule has 0 aliphatic rings. The molecule has 0 unspecified atom stereocenters. The summed E-state index contributed by atoms with van der Waals surface area (Å²) in [5, 5.41) is 17.0. The molecule has 2 aromatic rings. The lowest BCUT2D eigenvalue weighted by Gasteiger charge is -2.07. The fraction of sp³-hybridized carbons (Fsp3) is 0.389. The van der Waals surface area contributed by atoms with Gasteiger partial charge in [0.05, 0.1) is 26.2 Å². The number of H-pyrrole nitrogens is 2. The van der Waals surface area contributed by atoms with E-state index in [2.05, 4.69) is 10.2 Å². The van der Waals surface area contributed by atoms with E-state index in [-0.39, 0.29) is 40.8 Å². The summed E-state index contributed by atoms with van der Waals surface area (Å²) in [5.41, 5.74) is -2.91. The Morgan fingerprint density at radius 1 is 0.938 bits per heavy atom. The number of hydrogen-bond donors (Lipinski definition) is 3. The minimum Gasteiger partial charge on any atom is -0.493 e. The first-order valence-electron chi connectivity index (χ1n) is 9.36. The Morgan fingerprint density at radius 3 is 2.16 bits per heavy atom. The van der Waals surface area contributed by atoms with Crippen LogP contribution in [0.15, 0.2) is 19.8 Å². The van der Waals surface area contributed by atoms with Gasteiger partial charge in [0.2, 0.25) is 11.6 Å². The van der Waals surface area contributed by atoms with E-state index in [1.807, 2.05) is 9.97 Å². The van der Waals surface area contributed by atoms with Crippen LogP contribution in [-0.2, 0) is 25.4 Å². The minimum atomic E-state index is -1.04. The van der Waals surface area contributed by atoms with Gasteiger partial charge in [-0.25, -0.2) is 14.4 Å². The van der Waals surface area contributed by atoms with Gasteiger partial charge in [-0.05, 0) is 20.8 Å². The first-order chi connectivity index (χ1) is 15.2. The van der Waals surface area contributed by atoms with Gasteiger partial charge in [-0.2, -0.15) is 0 Å². The van der Waals surface area contributed by atoms with Crippen LogP contribution in [0.3, 0.4) is 0 Å². The van der Waals surface area contributed by atoms with E-state index >= 15 is 0 Å². The first-order valence-corrected chi connectivity index (χ1v) is 10.2. The average Bonchev–Trinajstić information content (AvgIpc) is 3.06. The van der Waals surface area contributed by atoms with Crippen molar-refractivity contribution >= 4 is 39.9 Å². The number of nitrogens with one attached hydrogen (secondary N) is 2. The van der Waals surface area contributed by atoms with Crippen molar-refractivity contribution in [2.24, 2.45) is 10.2 Å². The predicted octanol–water partition coefficient (Wildman–Crippen LogP) is 1.70. The van der Waals surface area contributed by atoms with Gasteiger partial charge in [0.1, 0.15) is 10.4 Å². The predicted molar refractivity (Wildman–Crippen MR) is 110 cm³/mol. The number of aromatic nitrogens is 2. The van der Waals surface area contributed by atoms with Crippen LogP contribution in [0.4, 0.5) is 10.7 Å². The summed E-state index contributed by atoms with van der Waals surface area (Å²) < 4.78 is 14.9. The second-order valence-corrected chi connectivity index (χ2v) is 6.82. The molecule has 0 saturated carbocycles. The van der Waals surface area contributed by atoms with Crippen molar-refractivity contribution in [3.8, 4) is 5.88 Å². The topological polar surface area (TPSA) is 190 Å². The number of nitrogens with zero attached hydrogens (tertiary/aromatic N) is 2. The maximum atomic E-state index is 12.6. The lowest BCUT2D eigenvalue weighted by atomic mass is 10.1. The number of carbonyl (C=O) groups excluding carboxylic acids is 3. The van der Waals surface area contributed by atoms with Crippen LogP contribution < -0.4 is 11.2 Å². The van der Waals surface area contributed by atoms with Gasteiger partial charge in [0.25, 0.3) is 5.56 Å². The molecule has 13 nitrogen and oxygen atoms in total. The number of thiophene rings is 1. The zero-order chi connectivity index (χ0) is 23.8. The number of carbonyl (C=O) groups is 3. The number of hydrogen-bond acceptors (Lipinski definition) is 12. The molecule has 2 rings (SSSR count). The maximum Gasteiger partial charge on any atom is 0.348 e. The van der Waals surface area contributed by atoms with Crippen molar-refractivity contribution in [1.29, 1.82) is 0 Å². The summed E-state index contributed by atoms with van der Waals surface area (Å²) in [5.74, 6) is -3.27. The Bertz CT molecular complexity index is 1160. The van der Waals surface area contributed by atoms with Crippen molar-refractivity contribution in [3.05, 3.63) is 36.8 Å². The number of aromatic amines is 2. The number of esters is 3. The van der Waals surface area contributed by atoms with E-state index in [1.165, 1.54) is 0 Å². The highest BCUT2D eigenvalue weighted by molar-refractivity contribution is 7.18. The molecule has 3 N–H and O–H groups in total. The molecule has 0 radical (unpaired) electrons. The van der Waals surface area contributed by atoms with Crippen molar-refractivity contribution in [1.82, 2.24) is 9.97 Å². The molecule has 0 fully saturated rings. The van der Waals surface area contributed by atoms with Crippen LogP contribution in [0.1, 0.15) is 46.4 Å². The highest BCUT2D eigenvalue weighted by atomic mass is 32.1. The van der Waals surface area contributed by atoms with Crippen LogP contribution in [-0.4, -0.2) is 52.8 Å². The Balaban J connectivity index is 2.68. The number of aromatic hydroxyl groups is 1. The molecule has 172 valence electrons. The van der Waals surface area contributed by atoms with Crippen LogP contribution in [0.2, 0.25) is 0 Å². The van der Waals surface area contributed by atoms with Gasteiger partial charge < -0.3 is 19.3 Å². The molecule has 0 saturated heterocycles. The van der Waals surface area contributed by atoms with E-state index < -0.39 is 47.1 Å². The van der Waals surface area contributed by atoms with E-state index in [0.717, 1.165) is 0 Å². The quantitative estimate of drug-likeness (QED) is 0.279. The molecule has 32 heavy (non-hydrogen) atoms. The molecule has 0 aliphatic carbocycles. The fourth-order valence-electron chi connectivity index (χ4n) is 2.48. The smallest absolute Gasteiger partial charge is 0.348 e. The number of azo groups is 1. The van der Waals surface area contributed by atoms with Gasteiger partial charge in [-0.15, -0.1) is 21.6 Å². The second-order valence-electron chi connectivity index (χ2n) is 5.82. The number of ether oxygens (including phenoxy) is 3. The van der Waals surface area contributed by atoms with Crippen molar-refractivity contribution in [2.75, 3.05) is 19.8 Å². The third kappa shape index (κ3) is 5.66. The highest BCUT2D eigenvalue weighted by Crippen LogP contribution is 2.38. The van der Waals surface area contributed by atoms with Crippen LogP contribution >= 0.6 is 11.3 Å². The molecule has 0 aromatic carbocycles. The Labute approximate surface area is 184 Å². The second kappa shape index (κ2) is 11.0. The Kier molecular flexibility index (Phi) is 8.40. The van der Waals surface area contributed by atoms with Crippen LogP contribution in [0.5, 0.6) is 5.88 Å². The molecule has 0 atom stereocenters. The van der Waals surface area contributed by atoms with Gasteiger partial charge in [-0.1, -0.05) is 0 Å². The monoisotopic (exact) mass is 468 g/mol. The van der Waals surface area contributed by atoms with E-state index in [0.29, 0.717) is 11.3 Å². The van der Waals surface area contributed by atoms with Crippen molar-refractivity contribution in [3.63, 3.8) is 0 Å². The van der Waals surface area contributed by atoms with Gasteiger partial charge >= 0.3 is 23.6 Å². The standard InChI is InChI=1S/C18H20N4O9S/c1-4-29-9(23)7-8-10(16(26)30-5-2)15(32-12(8)17(27)31-6-3)22-21-11-13(24)19-18(28)20-14(11)25/h4-7H2,1-3H3,(H3,19,20,24,25,28). The van der Waals surface area contributed by atoms with E-state index in [4.69, 9.17) is 14.2 Å². The summed E-state index contributed by atoms with van der Waals surface area (Å²) in [6.45, 7) is 4.82.